The van der Waals surface area contributed by atoms with Gasteiger partial charge in [-0.2, -0.15) is 0 Å². The summed E-state index contributed by atoms with van der Waals surface area (Å²) in [4.78, 5) is 0. The second-order valence-corrected chi connectivity index (χ2v) is 5.73. The predicted octanol–water partition coefficient (Wildman–Crippen LogP) is 3.54. The van der Waals surface area contributed by atoms with Gasteiger partial charge in [0.1, 0.15) is 0 Å². The number of rotatable bonds is 1. The fourth-order valence-corrected chi connectivity index (χ4v) is 3.46. The number of nitrogens with one attached hydrogen (secondary N) is 1. The second-order valence-electron chi connectivity index (χ2n) is 4.82. The van der Waals surface area contributed by atoms with Crippen molar-refractivity contribution in [1.29, 1.82) is 0 Å². The molecule has 0 amide bonds. The van der Waals surface area contributed by atoms with E-state index in [9.17, 15) is 0 Å². The Labute approximate surface area is 110 Å². The smallest absolute Gasteiger partial charge is 0.0494 e. The first-order valence-electron chi connectivity index (χ1n) is 6.16. The minimum atomic E-state index is 0.509. The molecule has 0 saturated carbocycles. The van der Waals surface area contributed by atoms with Crippen LogP contribution in [0.3, 0.4) is 0 Å². The van der Waals surface area contributed by atoms with Crippen LogP contribution in [0.5, 0.6) is 0 Å². The first-order valence-corrected chi connectivity index (χ1v) is 6.95. The zero-order chi connectivity index (χ0) is 12.0. The number of aryl methyl sites for hydroxylation is 2. The van der Waals surface area contributed by atoms with E-state index >= 15 is 0 Å². The molecule has 1 aliphatic rings. The van der Waals surface area contributed by atoms with E-state index < -0.39 is 0 Å². The Morgan fingerprint density at radius 1 is 1.41 bits per heavy atom. The van der Waals surface area contributed by atoms with Gasteiger partial charge in [-0.3, -0.25) is 0 Å². The largest absolute Gasteiger partial charge is 0.346 e. The Morgan fingerprint density at radius 2 is 2.24 bits per heavy atom. The van der Waals surface area contributed by atoms with E-state index in [4.69, 9.17) is 0 Å². The average Bonchev–Trinajstić information content (AvgIpc) is 2.63. The van der Waals surface area contributed by atoms with E-state index in [1.54, 1.807) is 5.56 Å². The third-order valence-electron chi connectivity index (χ3n) is 3.91. The standard InChI is InChI=1S/C14H17BrN2/c1-16-12-5-3-4-11-10-7-6-9(15)8-13(10)17(2)14(11)12/h6-8,12,16H,3-5H2,1-2H3. The van der Waals surface area contributed by atoms with Crippen molar-refractivity contribution in [2.75, 3.05) is 7.05 Å². The molecule has 1 aromatic carbocycles. The van der Waals surface area contributed by atoms with Crippen LogP contribution < -0.4 is 5.32 Å². The summed E-state index contributed by atoms with van der Waals surface area (Å²) in [6.07, 6.45) is 3.75. The molecule has 3 rings (SSSR count). The van der Waals surface area contributed by atoms with Crippen LogP contribution >= 0.6 is 15.9 Å². The third-order valence-corrected chi connectivity index (χ3v) is 4.41. The Morgan fingerprint density at radius 3 is 3.00 bits per heavy atom. The SMILES string of the molecule is CNC1CCCc2c1n(C)c1cc(Br)ccc21. The molecule has 1 unspecified atom stereocenters. The molecule has 0 radical (unpaired) electrons. The van der Waals surface area contributed by atoms with E-state index in [1.807, 2.05) is 0 Å². The van der Waals surface area contributed by atoms with Crippen LogP contribution in [-0.4, -0.2) is 11.6 Å². The van der Waals surface area contributed by atoms with Gasteiger partial charge in [0.2, 0.25) is 0 Å². The molecule has 1 aromatic heterocycles. The highest BCUT2D eigenvalue weighted by atomic mass is 79.9. The summed E-state index contributed by atoms with van der Waals surface area (Å²) in [5.41, 5.74) is 4.36. The van der Waals surface area contributed by atoms with Crippen molar-refractivity contribution in [3.8, 4) is 0 Å². The number of benzene rings is 1. The maximum atomic E-state index is 3.56. The van der Waals surface area contributed by atoms with Gasteiger partial charge in [-0.25, -0.2) is 0 Å². The second kappa shape index (κ2) is 4.14. The molecular weight excluding hydrogens is 276 g/mol. The number of aromatic nitrogens is 1. The monoisotopic (exact) mass is 292 g/mol. The van der Waals surface area contributed by atoms with Gasteiger partial charge in [0.25, 0.3) is 0 Å². The van der Waals surface area contributed by atoms with Gasteiger partial charge < -0.3 is 9.88 Å². The maximum absolute atomic E-state index is 3.56. The summed E-state index contributed by atoms with van der Waals surface area (Å²) in [6.45, 7) is 0. The van der Waals surface area contributed by atoms with E-state index in [1.165, 1.54) is 35.9 Å². The summed E-state index contributed by atoms with van der Waals surface area (Å²) in [6, 6.07) is 7.12. The third kappa shape index (κ3) is 1.64. The molecular formula is C14H17BrN2. The van der Waals surface area contributed by atoms with Gasteiger partial charge in [-0.05, 0) is 44.0 Å². The van der Waals surface area contributed by atoms with E-state index in [0.29, 0.717) is 6.04 Å². The summed E-state index contributed by atoms with van der Waals surface area (Å²) >= 11 is 3.56. The molecule has 17 heavy (non-hydrogen) atoms. The lowest BCUT2D eigenvalue weighted by molar-refractivity contribution is 0.474. The van der Waals surface area contributed by atoms with Crippen LogP contribution in [0.2, 0.25) is 0 Å². The summed E-state index contributed by atoms with van der Waals surface area (Å²) in [5, 5.41) is 4.87. The van der Waals surface area contributed by atoms with Crippen LogP contribution in [0.15, 0.2) is 22.7 Å². The van der Waals surface area contributed by atoms with Crippen LogP contribution in [0.25, 0.3) is 10.9 Å². The lowest BCUT2D eigenvalue weighted by atomic mass is 9.92. The number of hydrogen-bond acceptors (Lipinski definition) is 1. The number of fused-ring (bicyclic) bond motifs is 3. The van der Waals surface area contributed by atoms with Gasteiger partial charge >= 0.3 is 0 Å². The van der Waals surface area contributed by atoms with Crippen LogP contribution in [0.1, 0.15) is 30.1 Å². The molecule has 2 nitrogen and oxygen atoms in total. The molecule has 2 aromatic rings. The Hall–Kier alpha value is -0.800. The Kier molecular flexibility index (Phi) is 2.75. The highest BCUT2D eigenvalue weighted by molar-refractivity contribution is 9.10. The van der Waals surface area contributed by atoms with Gasteiger partial charge in [0, 0.05) is 34.2 Å². The van der Waals surface area contributed by atoms with E-state index in [2.05, 4.69) is 58.1 Å². The fraction of sp³-hybridized carbons (Fsp3) is 0.429. The molecule has 0 aliphatic heterocycles. The molecule has 1 aliphatic carbocycles. The first-order chi connectivity index (χ1) is 8.22. The van der Waals surface area contributed by atoms with Crippen molar-refractivity contribution < 1.29 is 0 Å². The Balaban J connectivity index is 2.33. The topological polar surface area (TPSA) is 17.0 Å². The minimum Gasteiger partial charge on any atom is -0.346 e. The number of nitrogens with zero attached hydrogens (tertiary/aromatic N) is 1. The molecule has 0 spiro atoms. The maximum Gasteiger partial charge on any atom is 0.0494 e. The molecule has 0 bridgehead atoms. The number of hydrogen-bond donors (Lipinski definition) is 1. The molecule has 1 atom stereocenters. The molecule has 1 heterocycles. The van der Waals surface area contributed by atoms with Gasteiger partial charge in [-0.1, -0.05) is 22.0 Å². The fourth-order valence-electron chi connectivity index (χ4n) is 3.12. The van der Waals surface area contributed by atoms with Gasteiger partial charge in [0.15, 0.2) is 0 Å². The molecule has 1 N–H and O–H groups in total. The highest BCUT2D eigenvalue weighted by Crippen LogP contribution is 2.37. The molecule has 90 valence electrons. The average molecular weight is 293 g/mol. The summed E-state index contributed by atoms with van der Waals surface area (Å²) < 4.78 is 3.51. The zero-order valence-electron chi connectivity index (χ0n) is 10.3. The zero-order valence-corrected chi connectivity index (χ0v) is 11.8. The highest BCUT2D eigenvalue weighted by Gasteiger charge is 2.25. The molecule has 0 fully saturated rings. The van der Waals surface area contributed by atoms with Crippen molar-refractivity contribution in [1.82, 2.24) is 9.88 Å². The first kappa shape index (κ1) is 11.3. The molecule has 0 saturated heterocycles. The predicted molar refractivity (Wildman–Crippen MR) is 75.4 cm³/mol. The van der Waals surface area contributed by atoms with Gasteiger partial charge in [0.05, 0.1) is 0 Å². The van der Waals surface area contributed by atoms with Crippen LogP contribution in [0.4, 0.5) is 0 Å². The van der Waals surface area contributed by atoms with Crippen molar-refractivity contribution in [3.63, 3.8) is 0 Å². The summed E-state index contributed by atoms with van der Waals surface area (Å²) in [5.74, 6) is 0. The lowest BCUT2D eigenvalue weighted by Gasteiger charge is -2.24. The normalized spacial score (nSPS) is 19.6. The van der Waals surface area contributed by atoms with Gasteiger partial charge in [-0.15, -0.1) is 0 Å². The van der Waals surface area contributed by atoms with E-state index in [-0.39, 0.29) is 0 Å². The van der Waals surface area contributed by atoms with Crippen molar-refractivity contribution >= 4 is 26.8 Å². The lowest BCUT2D eigenvalue weighted by Crippen LogP contribution is -2.23. The summed E-state index contributed by atoms with van der Waals surface area (Å²) in [7, 11) is 4.25. The molecule has 3 heteroatoms. The number of halogens is 1. The Bertz CT molecular complexity index is 571. The minimum absolute atomic E-state index is 0.509. The van der Waals surface area contributed by atoms with E-state index in [0.717, 1.165) is 4.47 Å². The van der Waals surface area contributed by atoms with Crippen molar-refractivity contribution in [3.05, 3.63) is 33.9 Å². The quantitative estimate of drug-likeness (QED) is 0.851. The van der Waals surface area contributed by atoms with Crippen molar-refractivity contribution in [2.24, 2.45) is 7.05 Å². The van der Waals surface area contributed by atoms with Crippen LogP contribution in [0, 0.1) is 0 Å². The van der Waals surface area contributed by atoms with Crippen LogP contribution in [-0.2, 0) is 13.5 Å². The van der Waals surface area contributed by atoms with Crippen molar-refractivity contribution in [2.45, 2.75) is 25.3 Å².